The van der Waals surface area contributed by atoms with E-state index in [0.29, 0.717) is 5.41 Å². The van der Waals surface area contributed by atoms with Crippen LogP contribution in [-0.2, 0) is 0 Å². The molecule has 12 heavy (non-hydrogen) atoms. The van der Waals surface area contributed by atoms with Gasteiger partial charge in [-0.1, -0.05) is 6.92 Å². The summed E-state index contributed by atoms with van der Waals surface area (Å²) in [5.74, 6) is 2.80. The fourth-order valence-corrected chi connectivity index (χ4v) is 4.15. The molecule has 2 aliphatic heterocycles. The van der Waals surface area contributed by atoms with Gasteiger partial charge in [0.1, 0.15) is 0 Å². The van der Waals surface area contributed by atoms with Gasteiger partial charge in [-0.25, -0.2) is 0 Å². The summed E-state index contributed by atoms with van der Waals surface area (Å²) in [4.78, 5) is 0. The first-order valence-electron chi connectivity index (χ1n) is 5.18. The van der Waals surface area contributed by atoms with Crippen LogP contribution in [0.25, 0.3) is 0 Å². The average molecular weight is 185 g/mol. The van der Waals surface area contributed by atoms with Crippen LogP contribution in [0.3, 0.4) is 0 Å². The third-order valence-corrected chi connectivity index (χ3v) is 4.64. The van der Waals surface area contributed by atoms with Crippen LogP contribution in [0.1, 0.15) is 32.6 Å². The zero-order chi connectivity index (χ0) is 8.44. The van der Waals surface area contributed by atoms with Gasteiger partial charge in [-0.15, -0.1) is 0 Å². The van der Waals surface area contributed by atoms with Crippen molar-refractivity contribution in [3.8, 4) is 0 Å². The minimum Gasteiger partial charge on any atom is -0.313 e. The molecule has 2 rings (SSSR count). The van der Waals surface area contributed by atoms with E-state index in [1.165, 1.54) is 43.7 Å². The molecule has 2 fully saturated rings. The van der Waals surface area contributed by atoms with E-state index in [-0.39, 0.29) is 0 Å². The number of nitrogens with one attached hydrogen (secondary N) is 1. The van der Waals surface area contributed by atoms with Gasteiger partial charge in [0.2, 0.25) is 0 Å². The second kappa shape index (κ2) is 3.59. The normalized spacial score (nSPS) is 34.2. The highest BCUT2D eigenvalue weighted by Gasteiger charge is 2.42. The van der Waals surface area contributed by atoms with Crippen molar-refractivity contribution in [2.75, 3.05) is 18.1 Å². The molecule has 70 valence electrons. The summed E-state index contributed by atoms with van der Waals surface area (Å²) >= 11 is 2.14. The van der Waals surface area contributed by atoms with Gasteiger partial charge in [-0.2, -0.15) is 11.8 Å². The fourth-order valence-electron chi connectivity index (χ4n) is 2.84. The van der Waals surface area contributed by atoms with Gasteiger partial charge in [-0.3, -0.25) is 0 Å². The van der Waals surface area contributed by atoms with E-state index in [4.69, 9.17) is 0 Å². The Labute approximate surface area is 79.7 Å². The number of thioether (sulfide) groups is 1. The van der Waals surface area contributed by atoms with Crippen molar-refractivity contribution >= 4 is 11.8 Å². The summed E-state index contributed by atoms with van der Waals surface area (Å²) in [5.41, 5.74) is 0.708. The lowest BCUT2D eigenvalue weighted by molar-refractivity contribution is 0.220. The summed E-state index contributed by atoms with van der Waals surface area (Å²) in [5, 5.41) is 3.66. The topological polar surface area (TPSA) is 12.0 Å². The maximum absolute atomic E-state index is 3.66. The molecule has 1 atom stereocenters. The first-order valence-corrected chi connectivity index (χ1v) is 6.34. The molecule has 2 heterocycles. The third kappa shape index (κ3) is 1.39. The molecule has 0 amide bonds. The van der Waals surface area contributed by atoms with Crippen molar-refractivity contribution in [1.29, 1.82) is 0 Å². The maximum Gasteiger partial charge on any atom is 0.0122 e. The Morgan fingerprint density at radius 1 is 1.33 bits per heavy atom. The largest absolute Gasteiger partial charge is 0.313 e. The van der Waals surface area contributed by atoms with Crippen molar-refractivity contribution in [2.24, 2.45) is 5.41 Å². The van der Waals surface area contributed by atoms with Gasteiger partial charge < -0.3 is 5.32 Å². The highest BCUT2D eigenvalue weighted by Crippen LogP contribution is 2.44. The SMILES string of the molecule is CCC1NCCC12CCSCC2. The highest BCUT2D eigenvalue weighted by molar-refractivity contribution is 7.99. The molecule has 1 spiro atoms. The molecular weight excluding hydrogens is 166 g/mol. The number of rotatable bonds is 1. The van der Waals surface area contributed by atoms with Crippen molar-refractivity contribution in [3.05, 3.63) is 0 Å². The van der Waals surface area contributed by atoms with Crippen LogP contribution in [0.15, 0.2) is 0 Å². The Morgan fingerprint density at radius 2 is 2.08 bits per heavy atom. The summed E-state index contributed by atoms with van der Waals surface area (Å²) in [6.07, 6.45) is 5.68. The first kappa shape index (κ1) is 8.89. The van der Waals surface area contributed by atoms with E-state index in [1.54, 1.807) is 0 Å². The van der Waals surface area contributed by atoms with Gasteiger partial charge in [0, 0.05) is 6.04 Å². The lowest BCUT2D eigenvalue weighted by Gasteiger charge is -2.37. The number of hydrogen-bond acceptors (Lipinski definition) is 2. The molecule has 0 radical (unpaired) electrons. The van der Waals surface area contributed by atoms with Gasteiger partial charge in [-0.05, 0) is 49.1 Å². The third-order valence-electron chi connectivity index (χ3n) is 3.65. The van der Waals surface area contributed by atoms with E-state index < -0.39 is 0 Å². The first-order chi connectivity index (χ1) is 5.87. The smallest absolute Gasteiger partial charge is 0.0122 e. The Hall–Kier alpha value is 0.310. The highest BCUT2D eigenvalue weighted by atomic mass is 32.2. The van der Waals surface area contributed by atoms with Crippen LogP contribution < -0.4 is 5.32 Å². The van der Waals surface area contributed by atoms with E-state index in [1.807, 2.05) is 0 Å². The summed E-state index contributed by atoms with van der Waals surface area (Å²) in [7, 11) is 0. The van der Waals surface area contributed by atoms with Crippen LogP contribution in [0.2, 0.25) is 0 Å². The van der Waals surface area contributed by atoms with Crippen molar-refractivity contribution in [3.63, 3.8) is 0 Å². The fraction of sp³-hybridized carbons (Fsp3) is 1.00. The summed E-state index contributed by atoms with van der Waals surface area (Å²) in [6, 6.07) is 0.832. The Morgan fingerprint density at radius 3 is 2.75 bits per heavy atom. The van der Waals surface area contributed by atoms with E-state index in [0.717, 1.165) is 6.04 Å². The number of hydrogen-bond donors (Lipinski definition) is 1. The molecule has 0 bridgehead atoms. The van der Waals surface area contributed by atoms with Crippen molar-refractivity contribution in [2.45, 2.75) is 38.6 Å². The molecule has 0 aromatic rings. The van der Waals surface area contributed by atoms with Gasteiger partial charge in [0.05, 0.1) is 0 Å². The molecule has 2 aliphatic rings. The second-order valence-corrected chi connectivity index (χ2v) is 5.36. The maximum atomic E-state index is 3.66. The van der Waals surface area contributed by atoms with E-state index >= 15 is 0 Å². The van der Waals surface area contributed by atoms with Crippen LogP contribution in [-0.4, -0.2) is 24.1 Å². The summed E-state index contributed by atoms with van der Waals surface area (Å²) < 4.78 is 0. The molecule has 1 nitrogen and oxygen atoms in total. The van der Waals surface area contributed by atoms with Gasteiger partial charge >= 0.3 is 0 Å². The Balaban J connectivity index is 2.05. The van der Waals surface area contributed by atoms with E-state index in [2.05, 4.69) is 24.0 Å². The minimum atomic E-state index is 0.708. The van der Waals surface area contributed by atoms with Crippen LogP contribution >= 0.6 is 11.8 Å². The van der Waals surface area contributed by atoms with Gasteiger partial charge in [0.15, 0.2) is 0 Å². The van der Waals surface area contributed by atoms with Crippen molar-refractivity contribution < 1.29 is 0 Å². The molecule has 0 aromatic heterocycles. The lowest BCUT2D eigenvalue weighted by atomic mass is 9.74. The predicted octanol–water partition coefficient (Wildman–Crippen LogP) is 2.27. The average Bonchev–Trinajstić information content (AvgIpc) is 2.49. The Kier molecular flexibility index (Phi) is 2.66. The quantitative estimate of drug-likeness (QED) is 0.672. The lowest BCUT2D eigenvalue weighted by Crippen LogP contribution is -2.38. The zero-order valence-electron chi connectivity index (χ0n) is 7.94. The van der Waals surface area contributed by atoms with E-state index in [9.17, 15) is 0 Å². The molecule has 0 saturated carbocycles. The summed E-state index contributed by atoms with van der Waals surface area (Å²) in [6.45, 7) is 3.59. The standard InChI is InChI=1S/C10H19NS/c1-2-9-10(3-6-11-9)4-7-12-8-5-10/h9,11H,2-8H2,1H3. The van der Waals surface area contributed by atoms with Crippen LogP contribution in [0.5, 0.6) is 0 Å². The molecule has 2 heteroatoms. The molecule has 1 N–H and O–H groups in total. The van der Waals surface area contributed by atoms with Crippen molar-refractivity contribution in [1.82, 2.24) is 5.32 Å². The Bertz CT molecular complexity index is 152. The molecule has 0 aliphatic carbocycles. The van der Waals surface area contributed by atoms with Crippen LogP contribution in [0, 0.1) is 5.41 Å². The van der Waals surface area contributed by atoms with Crippen LogP contribution in [0.4, 0.5) is 0 Å². The zero-order valence-corrected chi connectivity index (χ0v) is 8.75. The molecular formula is C10H19NS. The van der Waals surface area contributed by atoms with Gasteiger partial charge in [0.25, 0.3) is 0 Å². The molecule has 0 aromatic carbocycles. The molecule has 1 unspecified atom stereocenters. The monoisotopic (exact) mass is 185 g/mol. The predicted molar refractivity (Wildman–Crippen MR) is 55.7 cm³/mol. The minimum absolute atomic E-state index is 0.708. The molecule has 2 saturated heterocycles. The second-order valence-electron chi connectivity index (χ2n) is 4.14.